The number of hydrogen-bond donors (Lipinski definition) is 1. The van der Waals surface area contributed by atoms with Gasteiger partial charge < -0.3 is 14.5 Å². The fourth-order valence-corrected chi connectivity index (χ4v) is 3.66. The fourth-order valence-electron chi connectivity index (χ4n) is 3.66. The Bertz CT molecular complexity index is 1240. The normalized spacial score (nSPS) is 11.4. The van der Waals surface area contributed by atoms with Gasteiger partial charge in [0.25, 0.3) is 0 Å². The van der Waals surface area contributed by atoms with E-state index in [9.17, 15) is 4.79 Å². The summed E-state index contributed by atoms with van der Waals surface area (Å²) in [6, 6.07) is 15.8. The number of nitrogens with zero attached hydrogens (tertiary/aromatic N) is 3. The topological polar surface area (TPSA) is 82.0 Å². The maximum atomic E-state index is 12.6. The zero-order valence-corrected chi connectivity index (χ0v) is 18.7. The summed E-state index contributed by atoms with van der Waals surface area (Å²) in [5, 5.41) is 0. The first-order chi connectivity index (χ1) is 15.6. The van der Waals surface area contributed by atoms with Gasteiger partial charge in [0, 0.05) is 12.2 Å². The molecule has 0 radical (unpaired) electrons. The Morgan fingerprint density at radius 1 is 1.06 bits per heavy atom. The third-order valence-electron chi connectivity index (χ3n) is 5.30. The quantitative estimate of drug-likeness (QED) is 0.397. The van der Waals surface area contributed by atoms with Crippen LogP contribution in [-0.2, 0) is 11.3 Å². The second kappa shape index (κ2) is 9.78. The molecule has 4 rings (SSSR count). The Morgan fingerprint density at radius 2 is 1.84 bits per heavy atom. The first-order valence-corrected chi connectivity index (χ1v) is 10.9. The maximum absolute atomic E-state index is 12.6. The van der Waals surface area contributed by atoms with Gasteiger partial charge in [-0.1, -0.05) is 50.2 Å². The van der Waals surface area contributed by atoms with E-state index in [2.05, 4.69) is 29.9 Å². The van der Waals surface area contributed by atoms with Crippen LogP contribution in [0.1, 0.15) is 37.8 Å². The number of ether oxygens (including phenoxy) is 2. The number of rotatable bonds is 9. The summed E-state index contributed by atoms with van der Waals surface area (Å²) >= 11 is 0. The Kier molecular flexibility index (Phi) is 6.66. The van der Waals surface area contributed by atoms with Crippen molar-refractivity contribution in [2.24, 2.45) is 0 Å². The molecule has 0 aliphatic carbocycles. The van der Waals surface area contributed by atoms with Crippen molar-refractivity contribution in [2.75, 3.05) is 19.8 Å². The SMILES string of the molecule is CCOCCOc1ccc(Cn2c(=O)[nH]c3cnc(-c4ccccc4C(C)C)nc32)cc1. The van der Waals surface area contributed by atoms with Crippen molar-refractivity contribution in [1.82, 2.24) is 19.5 Å². The molecule has 0 bridgehead atoms. The van der Waals surface area contributed by atoms with Crippen molar-refractivity contribution < 1.29 is 9.47 Å². The fraction of sp³-hybridized carbons (Fsp3) is 0.320. The van der Waals surface area contributed by atoms with E-state index in [4.69, 9.17) is 14.5 Å². The zero-order valence-electron chi connectivity index (χ0n) is 18.7. The third-order valence-corrected chi connectivity index (χ3v) is 5.30. The molecule has 0 spiro atoms. The van der Waals surface area contributed by atoms with Crippen molar-refractivity contribution in [3.8, 4) is 17.1 Å². The molecule has 0 saturated heterocycles. The first kappa shape index (κ1) is 21.8. The summed E-state index contributed by atoms with van der Waals surface area (Å²) < 4.78 is 12.6. The number of aromatic amines is 1. The molecule has 0 atom stereocenters. The number of aromatic nitrogens is 4. The summed E-state index contributed by atoms with van der Waals surface area (Å²) in [5.41, 5.74) is 4.15. The molecule has 32 heavy (non-hydrogen) atoms. The van der Waals surface area contributed by atoms with Gasteiger partial charge in [-0.25, -0.2) is 14.8 Å². The van der Waals surface area contributed by atoms with Crippen molar-refractivity contribution in [3.63, 3.8) is 0 Å². The average molecular weight is 433 g/mol. The molecule has 0 aliphatic rings. The number of benzene rings is 2. The van der Waals surface area contributed by atoms with Gasteiger partial charge in [-0.15, -0.1) is 0 Å². The summed E-state index contributed by atoms with van der Waals surface area (Å²) in [4.78, 5) is 24.8. The van der Waals surface area contributed by atoms with Gasteiger partial charge in [-0.3, -0.25) is 4.57 Å². The zero-order chi connectivity index (χ0) is 22.5. The van der Waals surface area contributed by atoms with Crippen molar-refractivity contribution in [3.05, 3.63) is 76.3 Å². The van der Waals surface area contributed by atoms with Crippen LogP contribution in [-0.4, -0.2) is 39.3 Å². The lowest BCUT2D eigenvalue weighted by atomic mass is 9.97. The molecule has 0 fully saturated rings. The van der Waals surface area contributed by atoms with E-state index >= 15 is 0 Å². The lowest BCUT2D eigenvalue weighted by molar-refractivity contribution is 0.110. The second-order valence-corrected chi connectivity index (χ2v) is 7.88. The summed E-state index contributed by atoms with van der Waals surface area (Å²) in [6.07, 6.45) is 1.68. The van der Waals surface area contributed by atoms with Crippen molar-refractivity contribution in [1.29, 1.82) is 0 Å². The van der Waals surface area contributed by atoms with Gasteiger partial charge >= 0.3 is 5.69 Å². The summed E-state index contributed by atoms with van der Waals surface area (Å²) in [7, 11) is 0. The van der Waals surface area contributed by atoms with Crippen LogP contribution >= 0.6 is 0 Å². The van der Waals surface area contributed by atoms with E-state index in [1.807, 2.05) is 49.4 Å². The number of H-pyrrole nitrogens is 1. The molecule has 2 heterocycles. The first-order valence-electron chi connectivity index (χ1n) is 10.9. The van der Waals surface area contributed by atoms with Crippen LogP contribution in [0.3, 0.4) is 0 Å². The van der Waals surface area contributed by atoms with Gasteiger partial charge in [-0.2, -0.15) is 0 Å². The summed E-state index contributed by atoms with van der Waals surface area (Å²) in [5.74, 6) is 1.73. The van der Waals surface area contributed by atoms with Crippen LogP contribution in [0.15, 0.2) is 59.5 Å². The van der Waals surface area contributed by atoms with Gasteiger partial charge in [0.05, 0.1) is 19.3 Å². The maximum Gasteiger partial charge on any atom is 0.328 e. The average Bonchev–Trinajstić information content (AvgIpc) is 3.12. The largest absolute Gasteiger partial charge is 0.491 e. The minimum Gasteiger partial charge on any atom is -0.491 e. The molecule has 2 aromatic carbocycles. The monoisotopic (exact) mass is 432 g/mol. The predicted molar refractivity (Wildman–Crippen MR) is 125 cm³/mol. The van der Waals surface area contributed by atoms with Crippen LogP contribution in [0.25, 0.3) is 22.6 Å². The van der Waals surface area contributed by atoms with Gasteiger partial charge in [0.1, 0.15) is 17.9 Å². The van der Waals surface area contributed by atoms with E-state index in [-0.39, 0.29) is 5.69 Å². The minimum atomic E-state index is -0.208. The molecular weight excluding hydrogens is 404 g/mol. The van der Waals surface area contributed by atoms with Crippen LogP contribution in [0, 0.1) is 0 Å². The molecule has 0 unspecified atom stereocenters. The van der Waals surface area contributed by atoms with E-state index in [1.54, 1.807) is 10.8 Å². The highest BCUT2D eigenvalue weighted by Gasteiger charge is 2.14. The van der Waals surface area contributed by atoms with Gasteiger partial charge in [-0.05, 0) is 36.1 Å². The van der Waals surface area contributed by atoms with Crippen LogP contribution in [0.2, 0.25) is 0 Å². The van der Waals surface area contributed by atoms with E-state index < -0.39 is 0 Å². The molecule has 0 aliphatic heterocycles. The Balaban J connectivity index is 1.60. The lowest BCUT2D eigenvalue weighted by Crippen LogP contribution is -2.17. The molecule has 0 saturated carbocycles. The molecule has 1 N–H and O–H groups in total. The third kappa shape index (κ3) is 4.73. The molecule has 4 aromatic rings. The second-order valence-electron chi connectivity index (χ2n) is 7.88. The number of imidazole rings is 1. The molecule has 7 nitrogen and oxygen atoms in total. The van der Waals surface area contributed by atoms with E-state index in [0.29, 0.717) is 49.3 Å². The highest BCUT2D eigenvalue weighted by Crippen LogP contribution is 2.27. The van der Waals surface area contributed by atoms with Crippen molar-refractivity contribution in [2.45, 2.75) is 33.2 Å². The molecule has 0 amide bonds. The highest BCUT2D eigenvalue weighted by atomic mass is 16.5. The lowest BCUT2D eigenvalue weighted by Gasteiger charge is -2.11. The van der Waals surface area contributed by atoms with Crippen LogP contribution in [0.5, 0.6) is 5.75 Å². The molecule has 2 aromatic heterocycles. The smallest absolute Gasteiger partial charge is 0.328 e. The number of fused-ring (bicyclic) bond motifs is 1. The Morgan fingerprint density at radius 3 is 2.59 bits per heavy atom. The van der Waals surface area contributed by atoms with E-state index in [1.165, 1.54) is 5.56 Å². The number of nitrogens with one attached hydrogen (secondary N) is 1. The molecule has 7 heteroatoms. The minimum absolute atomic E-state index is 0.208. The molecular formula is C25H28N4O3. The van der Waals surface area contributed by atoms with E-state index in [0.717, 1.165) is 16.9 Å². The Hall–Kier alpha value is -3.45. The van der Waals surface area contributed by atoms with Crippen LogP contribution < -0.4 is 10.4 Å². The van der Waals surface area contributed by atoms with Gasteiger partial charge in [0.15, 0.2) is 11.5 Å². The predicted octanol–water partition coefficient (Wildman–Crippen LogP) is 4.37. The van der Waals surface area contributed by atoms with Crippen molar-refractivity contribution >= 4 is 11.2 Å². The summed E-state index contributed by atoms with van der Waals surface area (Å²) in [6.45, 7) is 8.40. The highest BCUT2D eigenvalue weighted by molar-refractivity contribution is 5.73. The number of hydrogen-bond acceptors (Lipinski definition) is 5. The Labute approximate surface area is 187 Å². The standard InChI is InChI=1S/C25H28N4O3/c1-4-31-13-14-32-19-11-9-18(10-12-19)16-29-24-22(27-25(29)30)15-26-23(28-24)21-8-6-5-7-20(21)17(2)3/h5-12,15,17H,4,13-14,16H2,1-3H3,(H,27,30). The van der Waals surface area contributed by atoms with Crippen LogP contribution in [0.4, 0.5) is 0 Å². The molecule has 166 valence electrons. The van der Waals surface area contributed by atoms with Gasteiger partial charge in [0.2, 0.25) is 0 Å².